The fourth-order valence-corrected chi connectivity index (χ4v) is 2.97. The second kappa shape index (κ2) is 5.52. The predicted molar refractivity (Wildman–Crippen MR) is 76.2 cm³/mol. The van der Waals surface area contributed by atoms with Gasteiger partial charge in [-0.25, -0.2) is 4.39 Å². The normalized spacial score (nSPS) is 26.7. The SMILES string of the molecule is CC(C)(C)CC1NC(C(=O)O)CC1c1ccc(F)cc1. The van der Waals surface area contributed by atoms with Crippen molar-refractivity contribution in [2.75, 3.05) is 0 Å². The first-order valence-electron chi connectivity index (χ1n) is 7.00. The summed E-state index contributed by atoms with van der Waals surface area (Å²) in [5.41, 5.74) is 1.13. The maximum atomic E-state index is 13.0. The Morgan fingerprint density at radius 1 is 1.35 bits per heavy atom. The summed E-state index contributed by atoms with van der Waals surface area (Å²) in [7, 11) is 0. The van der Waals surface area contributed by atoms with Crippen molar-refractivity contribution in [2.45, 2.75) is 51.6 Å². The van der Waals surface area contributed by atoms with Gasteiger partial charge in [0.1, 0.15) is 11.9 Å². The zero-order valence-corrected chi connectivity index (χ0v) is 12.2. The molecule has 4 heteroatoms. The van der Waals surface area contributed by atoms with Crippen LogP contribution < -0.4 is 5.32 Å². The van der Waals surface area contributed by atoms with Gasteiger partial charge in [0, 0.05) is 12.0 Å². The third-order valence-corrected chi connectivity index (χ3v) is 3.82. The van der Waals surface area contributed by atoms with Gasteiger partial charge in [0.05, 0.1) is 0 Å². The molecule has 0 amide bonds. The monoisotopic (exact) mass is 279 g/mol. The molecule has 3 nitrogen and oxygen atoms in total. The van der Waals surface area contributed by atoms with Gasteiger partial charge in [-0.3, -0.25) is 4.79 Å². The molecule has 2 N–H and O–H groups in total. The zero-order valence-electron chi connectivity index (χ0n) is 12.2. The number of carboxylic acids is 1. The molecule has 110 valence electrons. The quantitative estimate of drug-likeness (QED) is 0.893. The molecule has 0 aromatic heterocycles. The van der Waals surface area contributed by atoms with Crippen LogP contribution in [-0.2, 0) is 4.79 Å². The van der Waals surface area contributed by atoms with E-state index in [-0.39, 0.29) is 23.2 Å². The summed E-state index contributed by atoms with van der Waals surface area (Å²) in [6.07, 6.45) is 1.44. The van der Waals surface area contributed by atoms with Gasteiger partial charge < -0.3 is 10.4 Å². The van der Waals surface area contributed by atoms with Gasteiger partial charge in [-0.15, -0.1) is 0 Å². The van der Waals surface area contributed by atoms with Crippen molar-refractivity contribution in [3.8, 4) is 0 Å². The number of hydrogen-bond acceptors (Lipinski definition) is 2. The van der Waals surface area contributed by atoms with E-state index in [0.29, 0.717) is 6.42 Å². The summed E-state index contributed by atoms with van der Waals surface area (Å²) in [5, 5.41) is 12.4. The van der Waals surface area contributed by atoms with Gasteiger partial charge in [0.25, 0.3) is 0 Å². The lowest BCUT2D eigenvalue weighted by molar-refractivity contribution is -0.139. The van der Waals surface area contributed by atoms with E-state index in [9.17, 15) is 14.3 Å². The van der Waals surface area contributed by atoms with Crippen LogP contribution in [0.5, 0.6) is 0 Å². The molecule has 0 spiro atoms. The molecule has 0 radical (unpaired) electrons. The zero-order chi connectivity index (χ0) is 14.9. The second-order valence-electron chi connectivity index (χ2n) is 6.82. The molecule has 3 atom stereocenters. The van der Waals surface area contributed by atoms with Crippen LogP contribution in [0.25, 0.3) is 0 Å². The van der Waals surface area contributed by atoms with Gasteiger partial charge in [-0.1, -0.05) is 32.9 Å². The van der Waals surface area contributed by atoms with Crippen LogP contribution in [0, 0.1) is 11.2 Å². The molecule has 3 unspecified atom stereocenters. The van der Waals surface area contributed by atoms with E-state index in [1.807, 2.05) is 0 Å². The molecule has 20 heavy (non-hydrogen) atoms. The third kappa shape index (κ3) is 3.57. The highest BCUT2D eigenvalue weighted by Crippen LogP contribution is 2.37. The first kappa shape index (κ1) is 15.0. The first-order chi connectivity index (χ1) is 9.26. The molecule has 1 aromatic carbocycles. The Kier molecular flexibility index (Phi) is 4.14. The molecule has 0 bridgehead atoms. The largest absolute Gasteiger partial charge is 0.480 e. The Hall–Kier alpha value is -1.42. The molecule has 1 aliphatic rings. The van der Waals surface area contributed by atoms with Crippen LogP contribution in [0.2, 0.25) is 0 Å². The van der Waals surface area contributed by atoms with Crippen LogP contribution in [0.4, 0.5) is 4.39 Å². The van der Waals surface area contributed by atoms with E-state index in [2.05, 4.69) is 26.1 Å². The minimum atomic E-state index is -0.812. The molecule has 1 aromatic rings. The Bertz CT molecular complexity index is 478. The summed E-state index contributed by atoms with van der Waals surface area (Å²) in [6, 6.07) is 6.01. The van der Waals surface area contributed by atoms with E-state index >= 15 is 0 Å². The summed E-state index contributed by atoms with van der Waals surface area (Å²) in [5.74, 6) is -0.952. The maximum absolute atomic E-state index is 13.0. The van der Waals surface area contributed by atoms with Crippen molar-refractivity contribution >= 4 is 5.97 Å². The Balaban J connectivity index is 2.22. The van der Waals surface area contributed by atoms with Crippen molar-refractivity contribution in [3.05, 3.63) is 35.6 Å². The number of carbonyl (C=O) groups is 1. The van der Waals surface area contributed by atoms with Crippen LogP contribution in [0.3, 0.4) is 0 Å². The topological polar surface area (TPSA) is 49.3 Å². The van der Waals surface area contributed by atoms with Gasteiger partial charge in [0.15, 0.2) is 0 Å². The number of aliphatic carboxylic acids is 1. The average Bonchev–Trinajstić information content (AvgIpc) is 2.72. The minimum Gasteiger partial charge on any atom is -0.480 e. The lowest BCUT2D eigenvalue weighted by atomic mass is 9.81. The summed E-state index contributed by atoms with van der Waals surface area (Å²) in [6.45, 7) is 6.43. The molecule has 1 fully saturated rings. The smallest absolute Gasteiger partial charge is 0.320 e. The molecular weight excluding hydrogens is 257 g/mol. The number of rotatable bonds is 3. The Morgan fingerprint density at radius 3 is 2.45 bits per heavy atom. The molecule has 2 rings (SSSR count). The first-order valence-corrected chi connectivity index (χ1v) is 7.00. The average molecular weight is 279 g/mol. The summed E-state index contributed by atoms with van der Waals surface area (Å²) < 4.78 is 13.0. The second-order valence-corrected chi connectivity index (χ2v) is 6.82. The number of carboxylic acid groups (broad SMARTS) is 1. The molecule has 1 aliphatic heterocycles. The van der Waals surface area contributed by atoms with Gasteiger partial charge in [-0.05, 0) is 36.0 Å². The minimum absolute atomic E-state index is 0.113. The third-order valence-electron chi connectivity index (χ3n) is 3.82. The number of halogens is 1. The van der Waals surface area contributed by atoms with Crippen molar-refractivity contribution in [1.82, 2.24) is 5.32 Å². The highest BCUT2D eigenvalue weighted by atomic mass is 19.1. The number of nitrogens with one attached hydrogen (secondary N) is 1. The van der Waals surface area contributed by atoms with E-state index in [0.717, 1.165) is 12.0 Å². The van der Waals surface area contributed by atoms with Crippen molar-refractivity contribution in [2.24, 2.45) is 5.41 Å². The standard InChI is InChI=1S/C16H22FNO2/c1-16(2,3)9-14-12(8-13(18-14)15(19)20)10-4-6-11(17)7-5-10/h4-7,12-14,18H,8-9H2,1-3H3,(H,19,20). The lowest BCUT2D eigenvalue weighted by Gasteiger charge is -2.27. The Labute approximate surface area is 119 Å². The fourth-order valence-electron chi connectivity index (χ4n) is 2.97. The van der Waals surface area contributed by atoms with Gasteiger partial charge in [-0.2, -0.15) is 0 Å². The number of hydrogen-bond donors (Lipinski definition) is 2. The van der Waals surface area contributed by atoms with E-state index < -0.39 is 12.0 Å². The molecule has 1 saturated heterocycles. The summed E-state index contributed by atoms with van der Waals surface area (Å²) >= 11 is 0. The van der Waals surface area contributed by atoms with E-state index in [4.69, 9.17) is 0 Å². The highest BCUT2D eigenvalue weighted by Gasteiger charge is 2.39. The predicted octanol–water partition coefficient (Wildman–Crippen LogP) is 3.16. The molecule has 1 heterocycles. The highest BCUT2D eigenvalue weighted by molar-refractivity contribution is 5.74. The summed E-state index contributed by atoms with van der Waals surface area (Å²) in [4.78, 5) is 11.2. The van der Waals surface area contributed by atoms with Gasteiger partial charge in [0.2, 0.25) is 0 Å². The maximum Gasteiger partial charge on any atom is 0.320 e. The molecular formula is C16H22FNO2. The van der Waals surface area contributed by atoms with Gasteiger partial charge >= 0.3 is 5.97 Å². The molecule has 0 saturated carbocycles. The van der Waals surface area contributed by atoms with Crippen LogP contribution >= 0.6 is 0 Å². The fraction of sp³-hybridized carbons (Fsp3) is 0.562. The lowest BCUT2D eigenvalue weighted by Crippen LogP contribution is -2.38. The van der Waals surface area contributed by atoms with E-state index in [1.165, 1.54) is 12.1 Å². The number of benzene rings is 1. The van der Waals surface area contributed by atoms with Crippen LogP contribution in [0.1, 0.15) is 45.1 Å². The van der Waals surface area contributed by atoms with Crippen molar-refractivity contribution in [3.63, 3.8) is 0 Å². The van der Waals surface area contributed by atoms with Crippen LogP contribution in [0.15, 0.2) is 24.3 Å². The van der Waals surface area contributed by atoms with E-state index in [1.54, 1.807) is 12.1 Å². The van der Waals surface area contributed by atoms with Crippen molar-refractivity contribution in [1.29, 1.82) is 0 Å². The molecule has 0 aliphatic carbocycles. The van der Waals surface area contributed by atoms with Crippen molar-refractivity contribution < 1.29 is 14.3 Å². The Morgan fingerprint density at radius 2 is 1.95 bits per heavy atom. The van der Waals surface area contributed by atoms with Crippen LogP contribution in [-0.4, -0.2) is 23.2 Å².